The van der Waals surface area contributed by atoms with E-state index in [-0.39, 0.29) is 12.3 Å². The molecule has 4 rings (SSSR count). The van der Waals surface area contributed by atoms with Crippen LogP contribution in [0.4, 0.5) is 5.82 Å². The molecule has 1 aliphatic rings. The van der Waals surface area contributed by atoms with Crippen LogP contribution in [0.2, 0.25) is 0 Å². The number of nitrogens with two attached hydrogens (primary N) is 2. The number of hydrogen-bond donors (Lipinski definition) is 3. The highest BCUT2D eigenvalue weighted by atomic mass is 16.5. The number of amides is 1. The number of anilines is 1. The van der Waals surface area contributed by atoms with Crippen LogP contribution in [0.25, 0.3) is 11.2 Å². The average molecular weight is 508 g/mol. The normalized spacial score (nSPS) is 18.3. The van der Waals surface area contributed by atoms with Crippen molar-refractivity contribution in [3.05, 3.63) is 54.8 Å². The minimum absolute atomic E-state index is 0.0976. The van der Waals surface area contributed by atoms with Crippen molar-refractivity contribution in [2.75, 3.05) is 39.0 Å². The van der Waals surface area contributed by atoms with E-state index in [9.17, 15) is 4.79 Å². The Kier molecular flexibility index (Phi) is 9.00. The van der Waals surface area contributed by atoms with Gasteiger partial charge in [0.25, 0.3) is 0 Å². The monoisotopic (exact) mass is 507 g/mol. The molecular formula is C25H33N9O3. The molecule has 0 spiro atoms. The number of para-hydroxylation sites is 1. The van der Waals surface area contributed by atoms with Crippen LogP contribution in [0.1, 0.15) is 25.5 Å². The molecule has 0 aliphatic carbocycles. The number of rotatable bonds is 13. The van der Waals surface area contributed by atoms with Crippen molar-refractivity contribution in [1.82, 2.24) is 29.7 Å². The van der Waals surface area contributed by atoms with Crippen molar-refractivity contribution in [2.45, 2.75) is 31.6 Å². The lowest BCUT2D eigenvalue weighted by atomic mass is 10.1. The maximum Gasteiger partial charge on any atom is 0.213 e. The summed E-state index contributed by atoms with van der Waals surface area (Å²) in [5.74, 6) is 1.48. The third-order valence-electron chi connectivity index (χ3n) is 6.13. The molecule has 196 valence electrons. The molecule has 2 aromatic heterocycles. The first-order valence-corrected chi connectivity index (χ1v) is 12.2. The van der Waals surface area contributed by atoms with Crippen LogP contribution >= 0.6 is 0 Å². The van der Waals surface area contributed by atoms with E-state index in [0.29, 0.717) is 49.1 Å². The standard InChI is InChI=1S/C25H33N9O3/c1-28-23(26)18(14-33(17-35)11-12-36-19-5-3-2-4-6-19)13-29-10-9-20-7-8-21(37-20)34-16-32-22-24(27)30-15-31-25(22)34/h2-6,14-17,20-21,29H,7-13H2,1H3,(H2,26,28)(H2,27,30,31)/b18-14-/t20-,21+/m0/s1. The van der Waals surface area contributed by atoms with Gasteiger partial charge >= 0.3 is 0 Å². The first-order chi connectivity index (χ1) is 18.1. The summed E-state index contributed by atoms with van der Waals surface area (Å²) in [4.78, 5) is 29.8. The van der Waals surface area contributed by atoms with E-state index in [4.69, 9.17) is 20.9 Å². The van der Waals surface area contributed by atoms with Crippen LogP contribution < -0.4 is 21.5 Å². The highest BCUT2D eigenvalue weighted by molar-refractivity contribution is 5.97. The molecule has 1 saturated heterocycles. The molecule has 1 amide bonds. The highest BCUT2D eigenvalue weighted by Crippen LogP contribution is 2.32. The van der Waals surface area contributed by atoms with Gasteiger partial charge < -0.3 is 31.2 Å². The molecule has 1 fully saturated rings. The zero-order chi connectivity index (χ0) is 26.0. The second kappa shape index (κ2) is 12.8. The minimum Gasteiger partial charge on any atom is -0.492 e. The third-order valence-corrected chi connectivity index (χ3v) is 6.13. The maximum absolute atomic E-state index is 11.6. The smallest absolute Gasteiger partial charge is 0.213 e. The van der Waals surface area contributed by atoms with Crippen LogP contribution in [0.15, 0.2) is 59.8 Å². The van der Waals surface area contributed by atoms with Gasteiger partial charge in [0.15, 0.2) is 11.5 Å². The predicted molar refractivity (Wildman–Crippen MR) is 141 cm³/mol. The van der Waals surface area contributed by atoms with Gasteiger partial charge in [0, 0.05) is 25.4 Å². The lowest BCUT2D eigenvalue weighted by Crippen LogP contribution is -2.31. The van der Waals surface area contributed by atoms with Gasteiger partial charge in [-0.3, -0.25) is 14.4 Å². The molecule has 5 N–H and O–H groups in total. The number of aliphatic imine (C=N–C) groups is 1. The Balaban J connectivity index is 1.25. The molecule has 12 heteroatoms. The van der Waals surface area contributed by atoms with Crippen molar-refractivity contribution in [2.24, 2.45) is 10.7 Å². The average Bonchev–Trinajstić information content (AvgIpc) is 3.57. The lowest BCUT2D eigenvalue weighted by Gasteiger charge is -2.17. The Morgan fingerprint density at radius 1 is 1.30 bits per heavy atom. The Labute approximate surface area is 215 Å². The molecule has 0 unspecified atom stereocenters. The van der Waals surface area contributed by atoms with E-state index in [1.165, 1.54) is 11.2 Å². The van der Waals surface area contributed by atoms with Crippen LogP contribution in [0, 0.1) is 0 Å². The van der Waals surface area contributed by atoms with Crippen molar-refractivity contribution < 1.29 is 14.3 Å². The largest absolute Gasteiger partial charge is 0.492 e. The summed E-state index contributed by atoms with van der Waals surface area (Å²) in [6.45, 7) is 1.92. The van der Waals surface area contributed by atoms with Gasteiger partial charge in [0.05, 0.1) is 19.0 Å². The van der Waals surface area contributed by atoms with Crippen LogP contribution in [0.3, 0.4) is 0 Å². The van der Waals surface area contributed by atoms with Gasteiger partial charge in [0.1, 0.15) is 36.3 Å². The molecule has 0 radical (unpaired) electrons. The summed E-state index contributed by atoms with van der Waals surface area (Å²) < 4.78 is 13.8. The fraction of sp³-hybridized carbons (Fsp3) is 0.400. The fourth-order valence-electron chi connectivity index (χ4n) is 4.15. The Morgan fingerprint density at radius 3 is 2.92 bits per heavy atom. The zero-order valence-corrected chi connectivity index (χ0v) is 20.9. The minimum atomic E-state index is -0.137. The van der Waals surface area contributed by atoms with E-state index >= 15 is 0 Å². The van der Waals surface area contributed by atoms with E-state index in [0.717, 1.165) is 37.0 Å². The SMILES string of the molecule is CN=C(N)/C(=C\N(C=O)CCOc1ccccc1)CNCC[C@@H]1CC[C@H](n2cnc3c(N)ncnc32)O1. The summed E-state index contributed by atoms with van der Waals surface area (Å²) in [6.07, 6.45) is 8.16. The molecular weight excluding hydrogens is 474 g/mol. The Hall–Kier alpha value is -4.03. The van der Waals surface area contributed by atoms with Gasteiger partial charge in [-0.1, -0.05) is 18.2 Å². The lowest BCUT2D eigenvalue weighted by molar-refractivity contribution is -0.116. The fourth-order valence-corrected chi connectivity index (χ4v) is 4.15. The molecule has 0 bridgehead atoms. The molecule has 37 heavy (non-hydrogen) atoms. The number of nitrogen functional groups attached to an aromatic ring is 1. The molecule has 0 saturated carbocycles. The molecule has 12 nitrogen and oxygen atoms in total. The number of benzene rings is 1. The number of nitrogens with one attached hydrogen (secondary N) is 1. The van der Waals surface area contributed by atoms with Crippen LogP contribution in [0.5, 0.6) is 5.75 Å². The van der Waals surface area contributed by atoms with Gasteiger partial charge in [-0.25, -0.2) is 15.0 Å². The summed E-state index contributed by atoms with van der Waals surface area (Å²) in [6, 6.07) is 9.46. The zero-order valence-electron chi connectivity index (χ0n) is 20.9. The van der Waals surface area contributed by atoms with Crippen molar-refractivity contribution in [3.63, 3.8) is 0 Å². The number of carbonyl (C=O) groups is 1. The van der Waals surface area contributed by atoms with Crippen LogP contribution in [-0.2, 0) is 9.53 Å². The number of fused-ring (bicyclic) bond motifs is 1. The number of nitrogens with zero attached hydrogens (tertiary/aromatic N) is 6. The number of carbonyl (C=O) groups excluding carboxylic acids is 1. The topological polar surface area (TPSA) is 159 Å². The Bertz CT molecular complexity index is 1230. The molecule has 3 aromatic rings. The molecule has 1 aromatic carbocycles. The van der Waals surface area contributed by atoms with E-state index in [2.05, 4.69) is 25.3 Å². The summed E-state index contributed by atoms with van der Waals surface area (Å²) in [7, 11) is 1.62. The number of aromatic nitrogens is 4. The summed E-state index contributed by atoms with van der Waals surface area (Å²) in [5.41, 5.74) is 14.0. The van der Waals surface area contributed by atoms with Gasteiger partial charge in [0.2, 0.25) is 6.41 Å². The predicted octanol–water partition coefficient (Wildman–Crippen LogP) is 1.47. The van der Waals surface area contributed by atoms with Gasteiger partial charge in [-0.15, -0.1) is 0 Å². The van der Waals surface area contributed by atoms with E-state index in [1.54, 1.807) is 19.6 Å². The first-order valence-electron chi connectivity index (χ1n) is 12.2. The van der Waals surface area contributed by atoms with Crippen molar-refractivity contribution in [1.29, 1.82) is 0 Å². The number of amidine groups is 1. The summed E-state index contributed by atoms with van der Waals surface area (Å²) in [5, 5.41) is 3.39. The van der Waals surface area contributed by atoms with E-state index in [1.807, 2.05) is 34.9 Å². The number of ether oxygens (including phenoxy) is 2. The van der Waals surface area contributed by atoms with Crippen molar-refractivity contribution in [3.8, 4) is 5.75 Å². The van der Waals surface area contributed by atoms with Crippen LogP contribution in [-0.4, -0.2) is 76.1 Å². The first kappa shape index (κ1) is 26.0. The van der Waals surface area contributed by atoms with Gasteiger partial charge in [-0.2, -0.15) is 0 Å². The number of hydrogen-bond acceptors (Lipinski definition) is 9. The second-order valence-corrected chi connectivity index (χ2v) is 8.61. The third kappa shape index (κ3) is 6.80. The summed E-state index contributed by atoms with van der Waals surface area (Å²) >= 11 is 0. The molecule has 1 aliphatic heterocycles. The highest BCUT2D eigenvalue weighted by Gasteiger charge is 2.28. The van der Waals surface area contributed by atoms with E-state index < -0.39 is 0 Å². The number of imidazole rings is 1. The maximum atomic E-state index is 11.6. The Morgan fingerprint density at radius 2 is 2.14 bits per heavy atom. The molecule has 3 heterocycles. The molecule has 2 atom stereocenters. The second-order valence-electron chi connectivity index (χ2n) is 8.61. The van der Waals surface area contributed by atoms with Gasteiger partial charge in [-0.05, 0) is 37.9 Å². The van der Waals surface area contributed by atoms with Crippen molar-refractivity contribution >= 4 is 29.2 Å². The quantitative estimate of drug-likeness (QED) is 0.135.